The first-order valence-electron chi connectivity index (χ1n) is 5.58. The van der Waals surface area contributed by atoms with Gasteiger partial charge in [-0.2, -0.15) is 0 Å². The Balaban J connectivity index is 2.61. The number of urea groups is 1. The van der Waals surface area contributed by atoms with Crippen LogP contribution in [0.1, 0.15) is 18.9 Å². The van der Waals surface area contributed by atoms with E-state index in [1.54, 1.807) is 0 Å². The van der Waals surface area contributed by atoms with E-state index in [4.69, 9.17) is 0 Å². The minimum Gasteiger partial charge on any atom is -0.319 e. The predicted molar refractivity (Wildman–Crippen MR) is 97.9 cm³/mol. The highest BCUT2D eigenvalue weighted by Gasteiger charge is 2.50. The summed E-state index contributed by atoms with van der Waals surface area (Å²) in [6.07, 6.45) is 0.536. The van der Waals surface area contributed by atoms with Crippen molar-refractivity contribution in [3.8, 4) is 0 Å². The molecule has 1 aliphatic heterocycles. The zero-order chi connectivity index (χ0) is 14.4. The Labute approximate surface area is 152 Å². The lowest BCUT2D eigenvalue weighted by molar-refractivity contribution is -0.130. The Morgan fingerprint density at radius 2 is 1.74 bits per heavy atom. The topological polar surface area (TPSA) is 49.4 Å². The van der Waals surface area contributed by atoms with Crippen LogP contribution in [0.4, 0.5) is 4.79 Å². The maximum atomic E-state index is 12.4. The minimum atomic E-state index is -0.921. The van der Waals surface area contributed by atoms with Crippen LogP contribution in [0, 0.1) is 10.7 Å². The number of benzene rings is 1. The lowest BCUT2D eigenvalue weighted by Gasteiger charge is -2.26. The second-order valence-corrected chi connectivity index (χ2v) is 7.71. The Bertz CT molecular complexity index is 553. The van der Waals surface area contributed by atoms with Crippen LogP contribution in [0.5, 0.6) is 0 Å². The molecule has 0 aliphatic carbocycles. The summed E-state index contributed by atoms with van der Waals surface area (Å²) in [6.45, 7) is 1.91. The number of likely N-dealkylation sites (N-methyl/N-ethyl adjacent to an activating group) is 1. The highest BCUT2D eigenvalue weighted by Crippen LogP contribution is 2.35. The van der Waals surface area contributed by atoms with Crippen molar-refractivity contribution in [3.05, 3.63) is 28.4 Å². The average molecular weight is 596 g/mol. The van der Waals surface area contributed by atoms with Crippen molar-refractivity contribution < 1.29 is 9.59 Å². The second-order valence-electron chi connectivity index (χ2n) is 4.31. The van der Waals surface area contributed by atoms with Crippen molar-refractivity contribution in [1.29, 1.82) is 0 Å². The normalized spacial score (nSPS) is 22.9. The van der Waals surface area contributed by atoms with Crippen LogP contribution in [-0.2, 0) is 10.3 Å². The Kier molecular flexibility index (Phi) is 4.65. The molecule has 1 heterocycles. The Morgan fingerprint density at radius 1 is 1.21 bits per heavy atom. The number of hydrogen-bond acceptors (Lipinski definition) is 2. The lowest BCUT2D eigenvalue weighted by Crippen LogP contribution is -2.43. The molecule has 3 amide bonds. The van der Waals surface area contributed by atoms with Gasteiger partial charge < -0.3 is 5.32 Å². The van der Waals surface area contributed by atoms with Crippen LogP contribution in [0.3, 0.4) is 0 Å². The number of imide groups is 1. The zero-order valence-electron chi connectivity index (χ0n) is 10.3. The van der Waals surface area contributed by atoms with E-state index in [0.717, 1.165) is 17.6 Å². The third kappa shape index (κ3) is 2.49. The molecule has 0 radical (unpaired) electrons. The molecule has 1 saturated heterocycles. The molecular weight excluding hydrogens is 585 g/mol. The van der Waals surface area contributed by atoms with Crippen molar-refractivity contribution in [2.75, 3.05) is 7.05 Å². The summed E-state index contributed by atoms with van der Waals surface area (Å²) in [7, 11) is 1.51. The highest BCUT2D eigenvalue weighted by atomic mass is 127. The lowest BCUT2D eigenvalue weighted by atomic mass is 9.87. The molecule has 1 N–H and O–H groups in total. The van der Waals surface area contributed by atoms with Crippen LogP contribution in [0.2, 0.25) is 0 Å². The van der Waals surface area contributed by atoms with E-state index in [-0.39, 0.29) is 11.9 Å². The van der Waals surface area contributed by atoms with E-state index in [2.05, 4.69) is 73.1 Å². The quantitative estimate of drug-likeness (QED) is 0.324. The fourth-order valence-electron chi connectivity index (χ4n) is 2.14. The number of nitrogens with one attached hydrogen (secondary N) is 1. The molecule has 1 aromatic rings. The molecule has 1 aliphatic rings. The average Bonchev–Trinajstić information content (AvgIpc) is 2.60. The van der Waals surface area contributed by atoms with Gasteiger partial charge in [-0.05, 0) is 91.9 Å². The number of amides is 3. The molecule has 0 bridgehead atoms. The molecule has 2 rings (SSSR count). The van der Waals surface area contributed by atoms with Crippen LogP contribution in [-0.4, -0.2) is 23.9 Å². The molecule has 4 nitrogen and oxygen atoms in total. The molecule has 19 heavy (non-hydrogen) atoms. The van der Waals surface area contributed by atoms with Crippen molar-refractivity contribution in [3.63, 3.8) is 0 Å². The van der Waals surface area contributed by atoms with Crippen LogP contribution in [0.15, 0.2) is 12.1 Å². The molecule has 0 unspecified atom stereocenters. The van der Waals surface area contributed by atoms with Crippen LogP contribution >= 0.6 is 67.8 Å². The first-order chi connectivity index (χ1) is 8.83. The van der Waals surface area contributed by atoms with Crippen LogP contribution < -0.4 is 5.32 Å². The maximum absolute atomic E-state index is 12.4. The van der Waals surface area contributed by atoms with Gasteiger partial charge in [0.15, 0.2) is 0 Å². The largest absolute Gasteiger partial charge is 0.325 e. The van der Waals surface area contributed by atoms with Gasteiger partial charge in [0.2, 0.25) is 0 Å². The van der Waals surface area contributed by atoms with Gasteiger partial charge in [-0.1, -0.05) is 6.92 Å². The number of rotatable bonds is 2. The monoisotopic (exact) mass is 596 g/mol. The van der Waals surface area contributed by atoms with Gasteiger partial charge in [0.25, 0.3) is 5.91 Å². The van der Waals surface area contributed by atoms with Crippen molar-refractivity contribution in [2.24, 2.45) is 0 Å². The van der Waals surface area contributed by atoms with E-state index < -0.39 is 5.54 Å². The number of carbonyl (C=O) groups excluding carboxylic acids is 2. The van der Waals surface area contributed by atoms with Crippen molar-refractivity contribution in [2.45, 2.75) is 18.9 Å². The van der Waals surface area contributed by atoms with Gasteiger partial charge in [0.05, 0.1) is 0 Å². The summed E-state index contributed by atoms with van der Waals surface area (Å²) in [5.74, 6) is -0.187. The number of hydrogen-bond donors (Lipinski definition) is 1. The van der Waals surface area contributed by atoms with Gasteiger partial charge >= 0.3 is 6.03 Å². The second kappa shape index (κ2) is 5.62. The molecular formula is C12H11I3N2O2. The summed E-state index contributed by atoms with van der Waals surface area (Å²) < 4.78 is 3.34. The molecule has 7 heteroatoms. The van der Waals surface area contributed by atoms with E-state index in [0.29, 0.717) is 6.42 Å². The van der Waals surface area contributed by atoms with E-state index >= 15 is 0 Å². The summed E-state index contributed by atoms with van der Waals surface area (Å²) in [4.78, 5) is 25.3. The molecule has 1 atom stereocenters. The number of halogens is 3. The van der Waals surface area contributed by atoms with Gasteiger partial charge in [-0.3, -0.25) is 9.69 Å². The van der Waals surface area contributed by atoms with Gasteiger partial charge in [-0.25, -0.2) is 4.79 Å². The first kappa shape index (κ1) is 15.7. The molecule has 1 fully saturated rings. The number of nitrogens with zero attached hydrogens (tertiary/aromatic N) is 1. The summed E-state index contributed by atoms with van der Waals surface area (Å²) >= 11 is 6.79. The van der Waals surface area contributed by atoms with E-state index in [9.17, 15) is 9.59 Å². The first-order valence-corrected chi connectivity index (χ1v) is 8.82. The molecule has 0 spiro atoms. The standard InChI is InChI=1S/C12H11I3N2O2/c1-3-12(10(18)17(2)11(19)16-12)6-4-7(13)9(15)8(14)5-6/h4-5H,3H2,1-2H3,(H,16,19)/t12-/m0/s1. The number of carbonyl (C=O) groups is 2. The third-order valence-corrected chi connectivity index (χ3v) is 8.23. The summed E-state index contributed by atoms with van der Waals surface area (Å²) in [6, 6.07) is 3.62. The van der Waals surface area contributed by atoms with Gasteiger partial charge in [-0.15, -0.1) is 0 Å². The fraction of sp³-hybridized carbons (Fsp3) is 0.333. The third-order valence-electron chi connectivity index (χ3n) is 3.30. The minimum absolute atomic E-state index is 0.187. The fourth-order valence-corrected chi connectivity index (χ4v) is 4.22. The Hall–Kier alpha value is 0.350. The Morgan fingerprint density at radius 3 is 2.11 bits per heavy atom. The molecule has 1 aromatic carbocycles. The summed E-state index contributed by atoms with van der Waals surface area (Å²) in [5, 5.41) is 2.84. The maximum Gasteiger partial charge on any atom is 0.325 e. The van der Waals surface area contributed by atoms with Crippen molar-refractivity contribution in [1.82, 2.24) is 10.2 Å². The van der Waals surface area contributed by atoms with Gasteiger partial charge in [0, 0.05) is 17.8 Å². The predicted octanol–water partition coefficient (Wildman–Crippen LogP) is 3.29. The smallest absolute Gasteiger partial charge is 0.319 e. The summed E-state index contributed by atoms with van der Waals surface area (Å²) in [5.41, 5.74) is -0.0670. The van der Waals surface area contributed by atoms with E-state index in [1.165, 1.54) is 10.6 Å². The molecule has 0 aromatic heterocycles. The highest BCUT2D eigenvalue weighted by molar-refractivity contribution is 14.1. The SMILES string of the molecule is CC[C@@]1(c2cc(I)c(I)c(I)c2)NC(=O)N(C)C1=O. The van der Waals surface area contributed by atoms with E-state index in [1.807, 2.05) is 19.1 Å². The van der Waals surface area contributed by atoms with Crippen LogP contribution in [0.25, 0.3) is 0 Å². The molecule has 0 saturated carbocycles. The zero-order valence-corrected chi connectivity index (χ0v) is 16.7. The van der Waals surface area contributed by atoms with Gasteiger partial charge in [0.1, 0.15) is 5.54 Å². The van der Waals surface area contributed by atoms with Crippen molar-refractivity contribution >= 4 is 79.7 Å². The molecule has 102 valence electrons.